The van der Waals surface area contributed by atoms with E-state index in [1.54, 1.807) is 13.1 Å². The molecule has 1 aromatic carbocycles. The van der Waals surface area contributed by atoms with Crippen molar-refractivity contribution in [1.82, 2.24) is 24.9 Å². The molecule has 0 fully saturated rings. The van der Waals surface area contributed by atoms with Gasteiger partial charge in [-0.2, -0.15) is 18.7 Å². The molecule has 0 amide bonds. The Morgan fingerprint density at radius 2 is 1.77 bits per heavy atom. The lowest BCUT2D eigenvalue weighted by Crippen LogP contribution is -2.16. The number of hydrogen-bond acceptors (Lipinski definition) is 9. The van der Waals surface area contributed by atoms with Gasteiger partial charge in [-0.05, 0) is 19.1 Å². The summed E-state index contributed by atoms with van der Waals surface area (Å²) in [4.78, 5) is 18.9. The first-order valence-electron chi connectivity index (χ1n) is 9.70. The number of H-pyrrole nitrogens is 1. The largest absolute Gasteiger partial charge is 0.478 e. The summed E-state index contributed by atoms with van der Waals surface area (Å²) in [6.07, 6.45) is 4.35. The van der Waals surface area contributed by atoms with Gasteiger partial charge in [0.15, 0.2) is 0 Å². The molecule has 3 heterocycles. The molecule has 3 aromatic heterocycles. The van der Waals surface area contributed by atoms with Gasteiger partial charge in [0.05, 0.1) is 42.3 Å². The van der Waals surface area contributed by atoms with E-state index in [2.05, 4.69) is 34.4 Å². The number of sulfonamides is 1. The Kier molecular flexibility index (Phi) is 6.58. The van der Waals surface area contributed by atoms with E-state index in [1.807, 2.05) is 0 Å². The fraction of sp³-hybridized carbons (Fsp3) is 0.200. The van der Waals surface area contributed by atoms with Crippen molar-refractivity contribution < 1.29 is 31.4 Å². The van der Waals surface area contributed by atoms with E-state index in [4.69, 9.17) is 21.1 Å². The topological polar surface area (TPSA) is 141 Å². The zero-order valence-electron chi connectivity index (χ0n) is 18.3. The van der Waals surface area contributed by atoms with Gasteiger partial charge >= 0.3 is 6.61 Å². The molecule has 0 radical (unpaired) electrons. The van der Waals surface area contributed by atoms with Crippen LogP contribution in [-0.2, 0) is 10.0 Å². The van der Waals surface area contributed by atoms with Gasteiger partial charge in [0, 0.05) is 23.3 Å². The third kappa shape index (κ3) is 4.74. The van der Waals surface area contributed by atoms with Crippen LogP contribution in [0.3, 0.4) is 0 Å². The molecule has 0 saturated heterocycles. The van der Waals surface area contributed by atoms with Crippen LogP contribution in [0.15, 0.2) is 35.6 Å². The number of ether oxygens (including phenoxy) is 3. The zero-order valence-corrected chi connectivity index (χ0v) is 19.9. The van der Waals surface area contributed by atoms with Crippen LogP contribution >= 0.6 is 11.6 Å². The Morgan fingerprint density at radius 1 is 1.09 bits per heavy atom. The number of halogens is 3. The third-order valence-electron chi connectivity index (χ3n) is 4.72. The third-order valence-corrected chi connectivity index (χ3v) is 6.40. The molecule has 0 bridgehead atoms. The van der Waals surface area contributed by atoms with E-state index in [0.29, 0.717) is 32.9 Å². The van der Waals surface area contributed by atoms with Gasteiger partial charge in [-0.1, -0.05) is 11.6 Å². The zero-order chi connectivity index (χ0) is 25.3. The summed E-state index contributed by atoms with van der Waals surface area (Å²) in [6, 6.07) is 3.06. The first-order valence-corrected chi connectivity index (χ1v) is 11.6. The number of rotatable bonds is 8. The monoisotopic (exact) mass is 526 g/mol. The van der Waals surface area contributed by atoms with Gasteiger partial charge in [-0.3, -0.25) is 9.97 Å². The van der Waals surface area contributed by atoms with Gasteiger partial charge in [-0.15, -0.1) is 0 Å². The number of anilines is 1. The highest BCUT2D eigenvalue weighted by atomic mass is 35.5. The minimum absolute atomic E-state index is 0.153. The molecule has 4 aromatic rings. The second-order valence-corrected chi connectivity index (χ2v) is 8.98. The van der Waals surface area contributed by atoms with Gasteiger partial charge in [0.25, 0.3) is 21.8 Å². The predicted molar refractivity (Wildman–Crippen MR) is 122 cm³/mol. The van der Waals surface area contributed by atoms with Crippen LogP contribution in [0, 0.1) is 6.92 Å². The molecule has 0 aliphatic rings. The van der Waals surface area contributed by atoms with Gasteiger partial charge in [0.2, 0.25) is 11.7 Å². The number of alkyl halides is 2. The number of nitrogens with zero attached hydrogens (tertiary/aromatic N) is 4. The number of hydrogen-bond donors (Lipinski definition) is 2. The summed E-state index contributed by atoms with van der Waals surface area (Å²) >= 11 is 6.38. The van der Waals surface area contributed by atoms with Crippen molar-refractivity contribution in [2.75, 3.05) is 18.9 Å². The number of nitrogens with one attached hydrogen (secondary N) is 2. The lowest BCUT2D eigenvalue weighted by atomic mass is 10.1. The van der Waals surface area contributed by atoms with Crippen molar-refractivity contribution in [3.05, 3.63) is 41.4 Å². The molecule has 2 N–H and O–H groups in total. The summed E-state index contributed by atoms with van der Waals surface area (Å²) in [6.45, 7) is -1.43. The standard InChI is InChI=1S/C20H17ClF2N6O5S/c1-9-6-25-12(7-24-9)14-11(21)5-4-10-13(8-26-15(10)14)35(30,31)29-20-27-17(32-2)16(34-19(22)23)18(28-20)33-3/h4-8,19,26H,1-3H3,(H,27,28,29). The van der Waals surface area contributed by atoms with Crippen molar-refractivity contribution in [1.29, 1.82) is 0 Å². The predicted octanol–water partition coefficient (Wildman–Crippen LogP) is 3.80. The molecule has 0 aliphatic heterocycles. The number of methoxy groups -OCH3 is 2. The summed E-state index contributed by atoms with van der Waals surface area (Å²) in [5.41, 5.74) is 2.02. The fourth-order valence-corrected chi connectivity index (χ4v) is 4.61. The first kappa shape index (κ1) is 24.3. The molecule has 4 rings (SSSR count). The molecule has 0 aliphatic carbocycles. The van der Waals surface area contributed by atoms with Crippen LogP contribution in [0.25, 0.3) is 22.2 Å². The van der Waals surface area contributed by atoms with E-state index in [9.17, 15) is 17.2 Å². The SMILES string of the molecule is COc1nc(NS(=O)(=O)c2c[nH]c3c(-c4cnc(C)cn4)c(Cl)ccc23)nc(OC)c1OC(F)F. The Hall–Kier alpha value is -3.78. The maximum Gasteiger partial charge on any atom is 0.387 e. The van der Waals surface area contributed by atoms with Crippen molar-refractivity contribution in [2.24, 2.45) is 0 Å². The van der Waals surface area contributed by atoms with Crippen LogP contribution in [0.1, 0.15) is 5.69 Å². The molecule has 0 spiro atoms. The van der Waals surface area contributed by atoms with Crippen molar-refractivity contribution in [3.63, 3.8) is 0 Å². The quantitative estimate of drug-likeness (QED) is 0.350. The Bertz CT molecular complexity index is 1470. The molecule has 35 heavy (non-hydrogen) atoms. The van der Waals surface area contributed by atoms with E-state index in [-0.39, 0.29) is 4.90 Å². The second kappa shape index (κ2) is 9.46. The average Bonchev–Trinajstić information content (AvgIpc) is 3.25. The van der Waals surface area contributed by atoms with E-state index in [0.717, 1.165) is 14.2 Å². The Morgan fingerprint density at radius 3 is 2.34 bits per heavy atom. The molecular formula is C20H17ClF2N6O5S. The minimum atomic E-state index is -4.29. The van der Waals surface area contributed by atoms with Crippen LogP contribution in [0.2, 0.25) is 5.02 Å². The molecule has 15 heteroatoms. The molecular weight excluding hydrogens is 510 g/mol. The molecule has 0 atom stereocenters. The minimum Gasteiger partial charge on any atom is -0.478 e. The van der Waals surface area contributed by atoms with Crippen LogP contribution in [-0.4, -0.2) is 54.2 Å². The van der Waals surface area contributed by atoms with Crippen LogP contribution in [0.4, 0.5) is 14.7 Å². The molecule has 184 valence electrons. The van der Waals surface area contributed by atoms with E-state index in [1.165, 1.54) is 24.5 Å². The lowest BCUT2D eigenvalue weighted by molar-refractivity contribution is -0.0533. The second-order valence-electron chi connectivity index (χ2n) is 6.92. The number of aryl methyl sites for hydroxylation is 1. The highest BCUT2D eigenvalue weighted by Gasteiger charge is 2.26. The van der Waals surface area contributed by atoms with Gasteiger partial charge < -0.3 is 19.2 Å². The highest BCUT2D eigenvalue weighted by molar-refractivity contribution is 7.93. The maximum absolute atomic E-state index is 13.2. The first-order chi connectivity index (χ1) is 16.6. The molecule has 0 unspecified atom stereocenters. The average molecular weight is 527 g/mol. The normalized spacial score (nSPS) is 11.6. The number of benzene rings is 1. The highest BCUT2D eigenvalue weighted by Crippen LogP contribution is 2.38. The van der Waals surface area contributed by atoms with Gasteiger partial charge in [-0.25, -0.2) is 13.1 Å². The number of aromatic nitrogens is 5. The van der Waals surface area contributed by atoms with E-state index < -0.39 is 40.1 Å². The summed E-state index contributed by atoms with van der Waals surface area (Å²) in [5.74, 6) is -1.99. The maximum atomic E-state index is 13.2. The van der Waals surface area contributed by atoms with Gasteiger partial charge in [0.1, 0.15) is 4.90 Å². The summed E-state index contributed by atoms with van der Waals surface area (Å²) < 4.78 is 68.3. The van der Waals surface area contributed by atoms with Crippen molar-refractivity contribution in [2.45, 2.75) is 18.4 Å². The summed E-state index contributed by atoms with van der Waals surface area (Å²) in [5, 5.41) is 0.637. The molecule has 0 saturated carbocycles. The van der Waals surface area contributed by atoms with Crippen molar-refractivity contribution in [3.8, 4) is 28.8 Å². The Labute approximate surface area is 202 Å². The van der Waals surface area contributed by atoms with Crippen molar-refractivity contribution >= 4 is 38.5 Å². The fourth-order valence-electron chi connectivity index (χ4n) is 3.24. The number of fused-ring (bicyclic) bond motifs is 1. The molecule has 11 nitrogen and oxygen atoms in total. The lowest BCUT2D eigenvalue weighted by Gasteiger charge is -2.14. The van der Waals surface area contributed by atoms with Crippen LogP contribution in [0.5, 0.6) is 17.5 Å². The van der Waals surface area contributed by atoms with Crippen LogP contribution < -0.4 is 18.9 Å². The Balaban J connectivity index is 1.77. The number of aromatic amines is 1. The van der Waals surface area contributed by atoms with E-state index >= 15 is 0 Å². The smallest absolute Gasteiger partial charge is 0.387 e. The summed E-state index contributed by atoms with van der Waals surface area (Å²) in [7, 11) is -2.01.